The number of piperidine rings is 1. The van der Waals surface area contributed by atoms with Gasteiger partial charge in [0, 0.05) is 74.3 Å². The van der Waals surface area contributed by atoms with Crippen LogP contribution in [-0.4, -0.2) is 86.7 Å². The number of carbonyl (C=O) groups is 2. The van der Waals surface area contributed by atoms with E-state index in [4.69, 9.17) is 9.84 Å². The van der Waals surface area contributed by atoms with Crippen molar-refractivity contribution < 1.29 is 19.4 Å². The molecule has 3 aliphatic heterocycles. The summed E-state index contributed by atoms with van der Waals surface area (Å²) in [6.45, 7) is 4.87. The number of hydrogen-bond acceptors (Lipinski definition) is 8. The number of hydrogen-bond donors (Lipinski definition) is 1. The fourth-order valence-electron chi connectivity index (χ4n) is 5.94. The van der Waals surface area contributed by atoms with Crippen molar-refractivity contribution in [2.75, 3.05) is 32.8 Å². The molecule has 210 valence electrons. The Morgan fingerprint density at radius 3 is 2.40 bits per heavy atom. The van der Waals surface area contributed by atoms with Gasteiger partial charge in [0.2, 0.25) is 0 Å². The highest BCUT2D eigenvalue weighted by Gasteiger charge is 2.45. The van der Waals surface area contributed by atoms with E-state index < -0.39 is 5.97 Å². The lowest BCUT2D eigenvalue weighted by Gasteiger charge is -2.39. The normalized spacial score (nSPS) is 21.3. The maximum absolute atomic E-state index is 13.7. The summed E-state index contributed by atoms with van der Waals surface area (Å²) < 4.78 is 5.56. The monoisotopic (exact) mass is 579 g/mol. The van der Waals surface area contributed by atoms with Crippen LogP contribution in [0, 0.1) is 0 Å². The van der Waals surface area contributed by atoms with Crippen molar-refractivity contribution in [3.8, 4) is 0 Å². The average Bonchev–Trinajstić information content (AvgIpc) is 3.64. The second-order valence-corrected chi connectivity index (χ2v) is 12.4. The van der Waals surface area contributed by atoms with E-state index in [1.165, 1.54) is 17.3 Å². The van der Waals surface area contributed by atoms with Crippen molar-refractivity contribution in [2.24, 2.45) is 0 Å². The smallest absolute Gasteiger partial charge is 0.335 e. The van der Waals surface area contributed by atoms with Gasteiger partial charge in [-0.15, -0.1) is 0 Å². The Hall–Kier alpha value is -2.99. The van der Waals surface area contributed by atoms with Crippen LogP contribution in [0.15, 0.2) is 63.5 Å². The molecule has 3 saturated heterocycles. The summed E-state index contributed by atoms with van der Waals surface area (Å²) in [6.07, 6.45) is 7.49. The van der Waals surface area contributed by atoms with Gasteiger partial charge >= 0.3 is 12.0 Å². The molecule has 1 atom stereocenters. The van der Waals surface area contributed by atoms with E-state index >= 15 is 0 Å². The molecular formula is C29H33N5O4S2. The first-order chi connectivity index (χ1) is 19.5. The van der Waals surface area contributed by atoms with Gasteiger partial charge in [-0.1, -0.05) is 0 Å². The van der Waals surface area contributed by atoms with Crippen molar-refractivity contribution in [2.45, 2.75) is 60.4 Å². The molecule has 2 aromatic heterocycles. The summed E-state index contributed by atoms with van der Waals surface area (Å²) in [5.41, 5.74) is 2.57. The number of aromatic carboxylic acids is 1. The van der Waals surface area contributed by atoms with Crippen LogP contribution in [0.4, 0.5) is 4.79 Å². The molecule has 11 heteroatoms. The topological polar surface area (TPSA) is 99.1 Å². The number of nitrogens with zero attached hydrogens (tertiary/aromatic N) is 5. The van der Waals surface area contributed by atoms with Gasteiger partial charge in [0.25, 0.3) is 0 Å². The van der Waals surface area contributed by atoms with Gasteiger partial charge in [-0.3, -0.25) is 4.90 Å². The fourth-order valence-corrected chi connectivity index (χ4v) is 7.34. The van der Waals surface area contributed by atoms with E-state index in [0.29, 0.717) is 5.16 Å². The highest BCUT2D eigenvalue weighted by Crippen LogP contribution is 2.38. The Bertz CT molecular complexity index is 1290. The Balaban J connectivity index is 1.05. The third kappa shape index (κ3) is 6.02. The quantitative estimate of drug-likeness (QED) is 0.372. The summed E-state index contributed by atoms with van der Waals surface area (Å²) in [5.74, 6) is -0.938. The van der Waals surface area contributed by atoms with Gasteiger partial charge in [0.1, 0.15) is 0 Å². The maximum Gasteiger partial charge on any atom is 0.335 e. The lowest BCUT2D eigenvalue weighted by Crippen LogP contribution is -2.48. The lowest BCUT2D eigenvalue weighted by atomic mass is 10.00. The van der Waals surface area contributed by atoms with E-state index in [2.05, 4.69) is 41.5 Å². The zero-order valence-corrected chi connectivity index (χ0v) is 23.9. The number of rotatable bonds is 8. The predicted molar refractivity (Wildman–Crippen MR) is 153 cm³/mol. The van der Waals surface area contributed by atoms with Gasteiger partial charge in [-0.2, -0.15) is 11.3 Å². The Morgan fingerprint density at radius 1 is 1.02 bits per heavy atom. The summed E-state index contributed by atoms with van der Waals surface area (Å²) in [7, 11) is 0. The van der Waals surface area contributed by atoms with Crippen molar-refractivity contribution in [3.63, 3.8) is 0 Å². The van der Waals surface area contributed by atoms with Crippen molar-refractivity contribution in [1.82, 2.24) is 24.7 Å². The van der Waals surface area contributed by atoms with E-state index in [-0.39, 0.29) is 29.7 Å². The number of carbonyl (C=O) groups excluding carboxylic acids is 1. The highest BCUT2D eigenvalue weighted by atomic mass is 32.2. The van der Waals surface area contributed by atoms with Crippen LogP contribution < -0.4 is 0 Å². The van der Waals surface area contributed by atoms with Gasteiger partial charge in [-0.25, -0.2) is 19.6 Å². The van der Waals surface area contributed by atoms with Crippen molar-refractivity contribution >= 4 is 35.1 Å². The molecule has 0 spiro atoms. The van der Waals surface area contributed by atoms with Crippen LogP contribution >= 0.6 is 23.1 Å². The zero-order chi connectivity index (χ0) is 27.5. The van der Waals surface area contributed by atoms with E-state index in [9.17, 15) is 9.59 Å². The minimum Gasteiger partial charge on any atom is -0.478 e. The van der Waals surface area contributed by atoms with E-state index in [1.54, 1.807) is 35.6 Å². The molecule has 9 nitrogen and oxygen atoms in total. The molecule has 1 aromatic carbocycles. The summed E-state index contributed by atoms with van der Waals surface area (Å²) >= 11 is 3.11. The third-order valence-electron chi connectivity index (χ3n) is 8.08. The molecule has 0 aliphatic carbocycles. The van der Waals surface area contributed by atoms with Gasteiger partial charge in [-0.05, 0) is 84.1 Å². The largest absolute Gasteiger partial charge is 0.478 e. The second kappa shape index (κ2) is 12.3. The molecule has 0 bridgehead atoms. The minimum absolute atomic E-state index is 0.122. The van der Waals surface area contributed by atoms with Crippen LogP contribution in [0.3, 0.4) is 0 Å². The van der Waals surface area contributed by atoms with E-state index in [1.807, 2.05) is 12.4 Å². The Kier molecular flexibility index (Phi) is 8.33. The number of carboxylic acids is 1. The fraction of sp³-hybridized carbons (Fsp3) is 0.448. The van der Waals surface area contributed by atoms with Crippen LogP contribution in [-0.2, 0) is 11.3 Å². The molecule has 0 unspecified atom stereocenters. The van der Waals surface area contributed by atoms with E-state index in [0.717, 1.165) is 75.5 Å². The van der Waals surface area contributed by atoms with Gasteiger partial charge < -0.3 is 19.6 Å². The first-order valence-electron chi connectivity index (χ1n) is 13.8. The summed E-state index contributed by atoms with van der Waals surface area (Å²) in [6, 6.07) is 9.72. The molecule has 3 aromatic rings. The Morgan fingerprint density at radius 2 is 1.75 bits per heavy atom. The van der Waals surface area contributed by atoms with Gasteiger partial charge in [0.15, 0.2) is 5.16 Å². The lowest BCUT2D eigenvalue weighted by molar-refractivity contribution is 0.0493. The number of ether oxygens (including phenoxy) is 1. The van der Waals surface area contributed by atoms with Crippen LogP contribution in [0.25, 0.3) is 0 Å². The number of carboxylic acid groups (broad SMARTS) is 1. The molecule has 0 radical (unpaired) electrons. The number of aromatic nitrogens is 2. The van der Waals surface area contributed by atoms with Crippen molar-refractivity contribution in [3.05, 3.63) is 70.2 Å². The summed E-state index contributed by atoms with van der Waals surface area (Å²) in [4.78, 5) is 41.5. The molecular weight excluding hydrogens is 546 g/mol. The molecule has 0 saturated carbocycles. The molecule has 5 heterocycles. The van der Waals surface area contributed by atoms with Crippen LogP contribution in [0.5, 0.6) is 0 Å². The van der Waals surface area contributed by atoms with Crippen molar-refractivity contribution in [1.29, 1.82) is 0 Å². The first-order valence-corrected chi connectivity index (χ1v) is 15.5. The second-order valence-electron chi connectivity index (χ2n) is 10.6. The number of benzene rings is 1. The zero-order valence-electron chi connectivity index (χ0n) is 22.2. The third-order valence-corrected chi connectivity index (χ3v) is 9.68. The molecule has 6 rings (SSSR count). The predicted octanol–water partition coefficient (Wildman–Crippen LogP) is 5.01. The average molecular weight is 580 g/mol. The summed E-state index contributed by atoms with van der Waals surface area (Å²) in [5, 5.41) is 14.0. The number of likely N-dealkylation sites (tertiary alicyclic amines) is 1. The number of amides is 2. The van der Waals surface area contributed by atoms with Gasteiger partial charge in [0.05, 0.1) is 11.6 Å². The molecule has 2 amide bonds. The molecule has 3 fully saturated rings. The minimum atomic E-state index is -0.938. The SMILES string of the molecule is O=C(O)c1ccc(Sc2ncc(CN3CCC(N4C(=O)N(C5CCOCC5)C[C@H]4c4ccsc4)CC3)cn2)cc1. The molecule has 40 heavy (non-hydrogen) atoms. The van der Waals surface area contributed by atoms with Crippen LogP contribution in [0.2, 0.25) is 0 Å². The number of urea groups is 1. The standard InChI is InChI=1S/C29H33N5O4S2/c35-27(36)21-1-3-25(4-2-21)40-28-30-15-20(16-31-28)17-32-10-5-24(6-11-32)34-26(22-9-14-39-19-22)18-33(29(34)37)23-7-12-38-13-8-23/h1-4,9,14-16,19,23-24,26H,5-8,10-13,17-18H2,(H,35,36)/t26-/m0/s1. The van der Waals surface area contributed by atoms with Crippen LogP contribution in [0.1, 0.15) is 53.2 Å². The molecule has 1 N–H and O–H groups in total. The Labute approximate surface area is 242 Å². The highest BCUT2D eigenvalue weighted by molar-refractivity contribution is 7.99. The molecule has 3 aliphatic rings. The first kappa shape index (κ1) is 27.2. The maximum atomic E-state index is 13.7. The number of thiophene rings is 1.